The Morgan fingerprint density at radius 1 is 0.688 bits per heavy atom. The summed E-state index contributed by atoms with van der Waals surface area (Å²) in [7, 11) is 0. The molecule has 3 aromatic carbocycles. The SMILES string of the molecule is CCCCCCOc1ccc(-c2ccc(-c3ccc(OC[C@@H](C)CC)cc3)c(C)c2)cc1. The summed E-state index contributed by atoms with van der Waals surface area (Å²) >= 11 is 0. The summed E-state index contributed by atoms with van der Waals surface area (Å²) in [4.78, 5) is 0. The van der Waals surface area contributed by atoms with Crippen molar-refractivity contribution in [3.8, 4) is 33.8 Å². The Morgan fingerprint density at radius 2 is 1.31 bits per heavy atom. The third kappa shape index (κ3) is 6.88. The molecular formula is C30H38O2. The van der Waals surface area contributed by atoms with Crippen LogP contribution in [0.15, 0.2) is 66.7 Å². The lowest BCUT2D eigenvalue weighted by molar-refractivity contribution is 0.256. The second kappa shape index (κ2) is 12.3. The number of unbranched alkanes of at least 4 members (excludes halogenated alkanes) is 3. The molecule has 0 aliphatic heterocycles. The maximum Gasteiger partial charge on any atom is 0.119 e. The molecule has 2 nitrogen and oxygen atoms in total. The average molecular weight is 431 g/mol. The predicted molar refractivity (Wildman–Crippen MR) is 137 cm³/mol. The molecule has 0 aromatic heterocycles. The molecule has 32 heavy (non-hydrogen) atoms. The molecule has 3 rings (SSSR count). The zero-order valence-corrected chi connectivity index (χ0v) is 20.2. The van der Waals surface area contributed by atoms with E-state index < -0.39 is 0 Å². The fraction of sp³-hybridized carbons (Fsp3) is 0.400. The van der Waals surface area contributed by atoms with Crippen LogP contribution in [0.5, 0.6) is 11.5 Å². The van der Waals surface area contributed by atoms with Gasteiger partial charge in [0, 0.05) is 0 Å². The van der Waals surface area contributed by atoms with E-state index in [1.165, 1.54) is 47.1 Å². The van der Waals surface area contributed by atoms with Crippen molar-refractivity contribution < 1.29 is 9.47 Å². The predicted octanol–water partition coefficient (Wildman–Crippen LogP) is 8.71. The molecule has 0 fully saturated rings. The summed E-state index contributed by atoms with van der Waals surface area (Å²) in [5.74, 6) is 2.47. The van der Waals surface area contributed by atoms with E-state index >= 15 is 0 Å². The van der Waals surface area contributed by atoms with E-state index in [0.717, 1.165) is 37.6 Å². The second-order valence-corrected chi connectivity index (χ2v) is 8.81. The minimum atomic E-state index is 0.580. The number of aryl methyl sites for hydroxylation is 1. The molecule has 1 atom stereocenters. The van der Waals surface area contributed by atoms with E-state index in [1.807, 2.05) is 0 Å². The van der Waals surface area contributed by atoms with Crippen LogP contribution in [0.1, 0.15) is 58.4 Å². The first-order valence-corrected chi connectivity index (χ1v) is 12.2. The number of rotatable bonds is 12. The number of ether oxygens (including phenoxy) is 2. The molecule has 3 aromatic rings. The lowest BCUT2D eigenvalue weighted by atomic mass is 9.95. The van der Waals surface area contributed by atoms with Gasteiger partial charge in [0.2, 0.25) is 0 Å². The molecular weight excluding hydrogens is 392 g/mol. The van der Waals surface area contributed by atoms with Crippen LogP contribution in [0.3, 0.4) is 0 Å². The molecule has 0 saturated heterocycles. The zero-order chi connectivity index (χ0) is 22.8. The van der Waals surface area contributed by atoms with Gasteiger partial charge in [-0.25, -0.2) is 0 Å². The van der Waals surface area contributed by atoms with Crippen molar-refractivity contribution in [3.63, 3.8) is 0 Å². The third-order valence-corrected chi connectivity index (χ3v) is 6.08. The normalized spacial score (nSPS) is 11.9. The highest BCUT2D eigenvalue weighted by molar-refractivity contribution is 5.74. The Labute approximate surface area is 194 Å². The van der Waals surface area contributed by atoms with Gasteiger partial charge in [-0.15, -0.1) is 0 Å². The summed E-state index contributed by atoms with van der Waals surface area (Å²) in [5, 5.41) is 0. The Kier molecular flexibility index (Phi) is 9.22. The van der Waals surface area contributed by atoms with Crippen LogP contribution in [-0.4, -0.2) is 13.2 Å². The van der Waals surface area contributed by atoms with Gasteiger partial charge in [-0.1, -0.05) is 88.9 Å². The van der Waals surface area contributed by atoms with Crippen LogP contribution in [0.4, 0.5) is 0 Å². The van der Waals surface area contributed by atoms with Gasteiger partial charge in [-0.2, -0.15) is 0 Å². The van der Waals surface area contributed by atoms with Crippen molar-refractivity contribution in [1.29, 1.82) is 0 Å². The van der Waals surface area contributed by atoms with E-state index in [0.29, 0.717) is 5.92 Å². The van der Waals surface area contributed by atoms with Crippen LogP contribution in [0.25, 0.3) is 22.3 Å². The molecule has 0 radical (unpaired) electrons. The molecule has 0 spiro atoms. The average Bonchev–Trinajstić information content (AvgIpc) is 2.83. The molecule has 0 N–H and O–H groups in total. The summed E-state index contributed by atoms with van der Waals surface area (Å²) in [6.45, 7) is 10.4. The maximum absolute atomic E-state index is 5.90. The highest BCUT2D eigenvalue weighted by atomic mass is 16.5. The Balaban J connectivity index is 1.62. The standard InChI is InChI=1S/C30H38O2/c1-5-7-8-9-20-31-28-15-10-25(11-16-28)27-14-19-30(24(4)21-27)26-12-17-29(18-13-26)32-22-23(3)6-2/h10-19,21,23H,5-9,20,22H2,1-4H3/t23-/m0/s1. The van der Waals surface area contributed by atoms with Crippen molar-refractivity contribution >= 4 is 0 Å². The Bertz CT molecular complexity index is 942. The first-order valence-electron chi connectivity index (χ1n) is 12.2. The Morgan fingerprint density at radius 3 is 1.94 bits per heavy atom. The summed E-state index contributed by atoms with van der Waals surface area (Å²) in [6, 6.07) is 23.6. The van der Waals surface area contributed by atoms with E-state index in [1.54, 1.807) is 0 Å². The quantitative estimate of drug-likeness (QED) is 0.267. The van der Waals surface area contributed by atoms with Gasteiger partial charge in [-0.05, 0) is 71.3 Å². The summed E-state index contributed by atoms with van der Waals surface area (Å²) in [6.07, 6.45) is 6.05. The molecule has 0 aliphatic carbocycles. The van der Waals surface area contributed by atoms with Gasteiger partial charge in [0.05, 0.1) is 13.2 Å². The van der Waals surface area contributed by atoms with Crippen molar-refractivity contribution in [2.75, 3.05) is 13.2 Å². The first-order chi connectivity index (χ1) is 15.6. The van der Waals surface area contributed by atoms with Gasteiger partial charge >= 0.3 is 0 Å². The lowest BCUT2D eigenvalue weighted by Gasteiger charge is -2.13. The van der Waals surface area contributed by atoms with Gasteiger partial charge in [-0.3, -0.25) is 0 Å². The van der Waals surface area contributed by atoms with Gasteiger partial charge in [0.25, 0.3) is 0 Å². The lowest BCUT2D eigenvalue weighted by Crippen LogP contribution is -2.06. The highest BCUT2D eigenvalue weighted by Gasteiger charge is 2.07. The number of hydrogen-bond donors (Lipinski definition) is 0. The molecule has 2 heteroatoms. The van der Waals surface area contributed by atoms with Crippen molar-refractivity contribution in [1.82, 2.24) is 0 Å². The van der Waals surface area contributed by atoms with Crippen molar-refractivity contribution in [2.45, 2.75) is 59.8 Å². The second-order valence-electron chi connectivity index (χ2n) is 8.81. The maximum atomic E-state index is 5.90. The van der Waals surface area contributed by atoms with Crippen LogP contribution in [0, 0.1) is 12.8 Å². The van der Waals surface area contributed by atoms with E-state index in [4.69, 9.17) is 9.47 Å². The van der Waals surface area contributed by atoms with Gasteiger partial charge in [0.1, 0.15) is 11.5 Å². The molecule has 170 valence electrons. The monoisotopic (exact) mass is 430 g/mol. The van der Waals surface area contributed by atoms with Crippen LogP contribution in [-0.2, 0) is 0 Å². The van der Waals surface area contributed by atoms with E-state index in [9.17, 15) is 0 Å². The van der Waals surface area contributed by atoms with Crippen LogP contribution in [0.2, 0.25) is 0 Å². The van der Waals surface area contributed by atoms with Gasteiger partial charge in [0.15, 0.2) is 0 Å². The topological polar surface area (TPSA) is 18.5 Å². The molecule has 0 saturated carbocycles. The fourth-order valence-electron chi connectivity index (χ4n) is 3.72. The van der Waals surface area contributed by atoms with E-state index in [2.05, 4.69) is 94.4 Å². The molecule has 0 heterocycles. The van der Waals surface area contributed by atoms with Crippen LogP contribution < -0.4 is 9.47 Å². The zero-order valence-electron chi connectivity index (χ0n) is 20.2. The first kappa shape index (κ1) is 23.9. The summed E-state index contributed by atoms with van der Waals surface area (Å²) in [5.41, 5.74) is 6.19. The van der Waals surface area contributed by atoms with Crippen molar-refractivity contribution in [3.05, 3.63) is 72.3 Å². The minimum Gasteiger partial charge on any atom is -0.494 e. The van der Waals surface area contributed by atoms with E-state index in [-0.39, 0.29) is 0 Å². The minimum absolute atomic E-state index is 0.580. The Hall–Kier alpha value is -2.74. The molecule has 0 amide bonds. The molecule has 0 aliphatic rings. The number of benzene rings is 3. The smallest absolute Gasteiger partial charge is 0.119 e. The fourth-order valence-corrected chi connectivity index (χ4v) is 3.72. The summed E-state index contributed by atoms with van der Waals surface area (Å²) < 4.78 is 11.8. The largest absolute Gasteiger partial charge is 0.494 e. The molecule has 0 bridgehead atoms. The van der Waals surface area contributed by atoms with Crippen LogP contribution >= 0.6 is 0 Å². The number of hydrogen-bond acceptors (Lipinski definition) is 2. The molecule has 0 unspecified atom stereocenters. The van der Waals surface area contributed by atoms with Crippen molar-refractivity contribution in [2.24, 2.45) is 5.92 Å². The highest BCUT2D eigenvalue weighted by Crippen LogP contribution is 2.30. The third-order valence-electron chi connectivity index (χ3n) is 6.08. The van der Waals surface area contributed by atoms with Gasteiger partial charge < -0.3 is 9.47 Å².